The van der Waals surface area contributed by atoms with Gasteiger partial charge in [0, 0.05) is 13.1 Å². The first kappa shape index (κ1) is 15.3. The summed E-state index contributed by atoms with van der Waals surface area (Å²) in [5.74, 6) is 0. The van der Waals surface area contributed by atoms with Crippen LogP contribution in [-0.4, -0.2) is 26.8 Å². The van der Waals surface area contributed by atoms with Crippen molar-refractivity contribution < 1.29 is 21.6 Å². The van der Waals surface area contributed by atoms with Crippen LogP contribution in [-0.2, 0) is 22.7 Å². The molecule has 1 heterocycles. The molecule has 0 radical (unpaired) electrons. The van der Waals surface area contributed by atoms with Gasteiger partial charge in [0.05, 0.1) is 10.8 Å². The fourth-order valence-electron chi connectivity index (χ4n) is 2.01. The van der Waals surface area contributed by atoms with Gasteiger partial charge in [0.1, 0.15) is 0 Å². The van der Waals surface area contributed by atoms with Gasteiger partial charge in [-0.2, -0.15) is 13.2 Å². The number of benzene rings is 1. The van der Waals surface area contributed by atoms with Crippen LogP contribution in [0, 0.1) is 0 Å². The average molecular weight is 308 g/mol. The van der Waals surface area contributed by atoms with Crippen LogP contribution in [0.25, 0.3) is 0 Å². The molecule has 2 N–H and O–H groups in total. The lowest BCUT2D eigenvalue weighted by Crippen LogP contribution is -2.35. The van der Waals surface area contributed by atoms with Gasteiger partial charge in [0.25, 0.3) is 0 Å². The quantitative estimate of drug-likeness (QED) is 0.886. The van der Waals surface area contributed by atoms with Gasteiger partial charge in [-0.05, 0) is 30.7 Å². The molecule has 0 amide bonds. The molecule has 1 aromatic carbocycles. The molecule has 112 valence electrons. The first-order valence-electron chi connectivity index (χ1n) is 6.14. The minimum absolute atomic E-state index is 0.00301. The Labute approximate surface area is 115 Å². The SMILES string of the molecule is O=S(=O)(NCc1ccc(C(F)(F)F)cc1)C1CCNC1. The van der Waals surface area contributed by atoms with Crippen molar-refractivity contribution in [2.45, 2.75) is 24.4 Å². The molecular weight excluding hydrogens is 293 g/mol. The molecule has 0 aliphatic carbocycles. The molecule has 20 heavy (non-hydrogen) atoms. The zero-order chi connectivity index (χ0) is 14.8. The second-order valence-electron chi connectivity index (χ2n) is 4.68. The average Bonchev–Trinajstić information content (AvgIpc) is 2.90. The van der Waals surface area contributed by atoms with E-state index in [-0.39, 0.29) is 6.54 Å². The van der Waals surface area contributed by atoms with Crippen LogP contribution in [0.1, 0.15) is 17.5 Å². The lowest BCUT2D eigenvalue weighted by Gasteiger charge is -2.12. The predicted octanol–water partition coefficient (Wildman–Crippen LogP) is 1.49. The van der Waals surface area contributed by atoms with Crippen molar-refractivity contribution in [2.75, 3.05) is 13.1 Å². The zero-order valence-corrected chi connectivity index (χ0v) is 11.4. The third-order valence-electron chi connectivity index (χ3n) is 3.21. The molecule has 1 aliphatic rings. The molecule has 1 aliphatic heterocycles. The maximum atomic E-state index is 12.4. The summed E-state index contributed by atoms with van der Waals surface area (Å²) in [6.07, 6.45) is -3.84. The van der Waals surface area contributed by atoms with Crippen LogP contribution < -0.4 is 10.0 Å². The Morgan fingerprint density at radius 3 is 2.40 bits per heavy atom. The molecule has 4 nitrogen and oxygen atoms in total. The summed E-state index contributed by atoms with van der Waals surface area (Å²) in [5.41, 5.74) is -0.253. The molecule has 1 aromatic rings. The summed E-state index contributed by atoms with van der Waals surface area (Å²) >= 11 is 0. The van der Waals surface area contributed by atoms with Gasteiger partial charge in [0.15, 0.2) is 0 Å². The Bertz CT molecular complexity index is 549. The highest BCUT2D eigenvalue weighted by atomic mass is 32.2. The van der Waals surface area contributed by atoms with Crippen LogP contribution >= 0.6 is 0 Å². The number of halogens is 3. The van der Waals surface area contributed by atoms with Crippen molar-refractivity contribution in [3.63, 3.8) is 0 Å². The smallest absolute Gasteiger partial charge is 0.315 e. The standard InChI is InChI=1S/C12H15F3N2O2S/c13-12(14,15)10-3-1-9(2-4-10)7-17-20(18,19)11-5-6-16-8-11/h1-4,11,16-17H,5-8H2. The Morgan fingerprint density at radius 1 is 1.25 bits per heavy atom. The van der Waals surface area contributed by atoms with E-state index in [1.165, 1.54) is 12.1 Å². The van der Waals surface area contributed by atoms with Crippen molar-refractivity contribution in [1.29, 1.82) is 0 Å². The van der Waals surface area contributed by atoms with E-state index in [0.29, 0.717) is 25.1 Å². The minimum atomic E-state index is -4.38. The fraction of sp³-hybridized carbons (Fsp3) is 0.500. The summed E-state index contributed by atoms with van der Waals surface area (Å²) in [6, 6.07) is 4.44. The molecule has 0 spiro atoms. The lowest BCUT2D eigenvalue weighted by atomic mass is 10.1. The highest BCUT2D eigenvalue weighted by molar-refractivity contribution is 7.90. The molecule has 0 saturated carbocycles. The second-order valence-corrected chi connectivity index (χ2v) is 6.72. The van der Waals surface area contributed by atoms with E-state index in [4.69, 9.17) is 0 Å². The monoisotopic (exact) mass is 308 g/mol. The van der Waals surface area contributed by atoms with Gasteiger partial charge < -0.3 is 5.32 Å². The topological polar surface area (TPSA) is 58.2 Å². The molecule has 8 heteroatoms. The van der Waals surface area contributed by atoms with E-state index in [2.05, 4.69) is 10.0 Å². The van der Waals surface area contributed by atoms with Crippen molar-refractivity contribution >= 4 is 10.0 Å². The molecule has 1 unspecified atom stereocenters. The van der Waals surface area contributed by atoms with E-state index in [1.54, 1.807) is 0 Å². The van der Waals surface area contributed by atoms with Gasteiger partial charge in [-0.3, -0.25) is 0 Å². The van der Waals surface area contributed by atoms with Gasteiger partial charge in [-0.25, -0.2) is 13.1 Å². The number of sulfonamides is 1. The van der Waals surface area contributed by atoms with Gasteiger partial charge in [-0.1, -0.05) is 12.1 Å². The summed E-state index contributed by atoms with van der Waals surface area (Å²) in [5, 5.41) is 2.48. The van der Waals surface area contributed by atoms with Gasteiger partial charge in [-0.15, -0.1) is 0 Å². The molecule has 2 rings (SSSR count). The Balaban J connectivity index is 1.97. The molecule has 1 fully saturated rings. The van der Waals surface area contributed by atoms with Crippen molar-refractivity contribution in [1.82, 2.24) is 10.0 Å². The summed E-state index contributed by atoms with van der Waals surface area (Å²) in [4.78, 5) is 0. The van der Waals surface area contributed by atoms with E-state index in [0.717, 1.165) is 12.1 Å². The number of rotatable bonds is 4. The molecule has 0 aromatic heterocycles. The Kier molecular flexibility index (Phi) is 4.36. The normalized spacial score (nSPS) is 20.2. The van der Waals surface area contributed by atoms with Crippen LogP contribution in [0.3, 0.4) is 0 Å². The minimum Gasteiger partial charge on any atom is -0.315 e. The lowest BCUT2D eigenvalue weighted by molar-refractivity contribution is -0.137. The number of alkyl halides is 3. The largest absolute Gasteiger partial charge is 0.416 e. The highest BCUT2D eigenvalue weighted by Crippen LogP contribution is 2.29. The summed E-state index contributed by atoms with van der Waals surface area (Å²) < 4.78 is 63.4. The van der Waals surface area contributed by atoms with Crippen LogP contribution in [0.15, 0.2) is 24.3 Å². The van der Waals surface area contributed by atoms with E-state index >= 15 is 0 Å². The maximum absolute atomic E-state index is 12.4. The molecule has 1 atom stereocenters. The Morgan fingerprint density at radius 2 is 1.90 bits per heavy atom. The third-order valence-corrected chi connectivity index (χ3v) is 5.04. The predicted molar refractivity (Wildman–Crippen MR) is 68.5 cm³/mol. The zero-order valence-electron chi connectivity index (χ0n) is 10.6. The van der Waals surface area contributed by atoms with Crippen molar-refractivity contribution in [2.24, 2.45) is 0 Å². The van der Waals surface area contributed by atoms with E-state index in [9.17, 15) is 21.6 Å². The number of hydrogen-bond donors (Lipinski definition) is 2. The van der Waals surface area contributed by atoms with E-state index in [1.807, 2.05) is 0 Å². The first-order chi connectivity index (χ1) is 9.29. The first-order valence-corrected chi connectivity index (χ1v) is 7.69. The van der Waals surface area contributed by atoms with E-state index < -0.39 is 27.0 Å². The Hall–Kier alpha value is -1.12. The number of hydrogen-bond acceptors (Lipinski definition) is 3. The molecule has 1 saturated heterocycles. The van der Waals surface area contributed by atoms with Crippen LogP contribution in [0.5, 0.6) is 0 Å². The van der Waals surface area contributed by atoms with Gasteiger partial charge >= 0.3 is 6.18 Å². The van der Waals surface area contributed by atoms with Crippen LogP contribution in [0.2, 0.25) is 0 Å². The second kappa shape index (κ2) is 5.71. The fourth-order valence-corrected chi connectivity index (χ4v) is 3.38. The summed E-state index contributed by atoms with van der Waals surface area (Å²) in [6.45, 7) is 1.06. The van der Waals surface area contributed by atoms with Gasteiger partial charge in [0.2, 0.25) is 10.0 Å². The van der Waals surface area contributed by atoms with Crippen molar-refractivity contribution in [3.05, 3.63) is 35.4 Å². The van der Waals surface area contributed by atoms with Crippen LogP contribution in [0.4, 0.5) is 13.2 Å². The summed E-state index contributed by atoms with van der Waals surface area (Å²) in [7, 11) is -3.43. The van der Waals surface area contributed by atoms with Crippen molar-refractivity contribution in [3.8, 4) is 0 Å². The molecule has 0 bridgehead atoms. The number of nitrogens with one attached hydrogen (secondary N) is 2. The highest BCUT2D eigenvalue weighted by Gasteiger charge is 2.30. The maximum Gasteiger partial charge on any atom is 0.416 e. The third kappa shape index (κ3) is 3.71. The molecular formula is C12H15F3N2O2S.